The maximum Gasteiger partial charge on any atom is 0.123 e. The number of fused-ring (bicyclic) bond motifs is 4. The van der Waals surface area contributed by atoms with Crippen molar-refractivity contribution in [2.45, 2.75) is 6.54 Å². The SMILES string of the molecule is Fc1ccc(Cn2c3ccccc3c3cc4cnnn4cc32)cc1. The molecule has 4 nitrogen and oxygen atoms in total. The molecule has 0 saturated carbocycles. The van der Waals surface area contributed by atoms with Crippen LogP contribution in [-0.4, -0.2) is 19.4 Å². The van der Waals surface area contributed by atoms with Crippen molar-refractivity contribution in [1.29, 1.82) is 0 Å². The number of para-hydroxylation sites is 1. The molecule has 24 heavy (non-hydrogen) atoms. The molecule has 0 aliphatic carbocycles. The maximum atomic E-state index is 13.2. The molecule has 0 bridgehead atoms. The number of aromatic nitrogens is 4. The second-order valence-corrected chi connectivity index (χ2v) is 5.91. The first-order valence-electron chi connectivity index (χ1n) is 7.75. The Bertz CT molecular complexity index is 1180. The van der Waals surface area contributed by atoms with Gasteiger partial charge in [0.1, 0.15) is 5.82 Å². The van der Waals surface area contributed by atoms with Crippen molar-refractivity contribution in [2.24, 2.45) is 0 Å². The summed E-state index contributed by atoms with van der Waals surface area (Å²) < 4.78 is 17.2. The molecule has 0 fully saturated rings. The number of rotatable bonds is 2. The lowest BCUT2D eigenvalue weighted by Gasteiger charge is -2.08. The van der Waals surface area contributed by atoms with E-state index in [1.165, 1.54) is 22.9 Å². The van der Waals surface area contributed by atoms with Gasteiger partial charge in [-0.3, -0.25) is 0 Å². The third kappa shape index (κ3) is 1.91. The molecule has 116 valence electrons. The number of hydrogen-bond acceptors (Lipinski definition) is 2. The minimum atomic E-state index is -0.217. The fourth-order valence-electron chi connectivity index (χ4n) is 3.30. The lowest BCUT2D eigenvalue weighted by atomic mass is 10.2. The van der Waals surface area contributed by atoms with Crippen LogP contribution in [0.15, 0.2) is 67.0 Å². The molecule has 0 aliphatic heterocycles. The van der Waals surface area contributed by atoms with E-state index >= 15 is 0 Å². The number of nitrogens with zero attached hydrogens (tertiary/aromatic N) is 4. The summed E-state index contributed by atoms with van der Waals surface area (Å²) in [5.41, 5.74) is 4.25. The van der Waals surface area contributed by atoms with E-state index in [2.05, 4.69) is 33.1 Å². The summed E-state index contributed by atoms with van der Waals surface area (Å²) >= 11 is 0. The summed E-state index contributed by atoms with van der Waals surface area (Å²) in [7, 11) is 0. The Kier molecular flexibility index (Phi) is 2.70. The van der Waals surface area contributed by atoms with Gasteiger partial charge >= 0.3 is 0 Å². The Morgan fingerprint density at radius 1 is 0.917 bits per heavy atom. The molecule has 3 heterocycles. The Morgan fingerprint density at radius 3 is 2.62 bits per heavy atom. The van der Waals surface area contributed by atoms with Crippen molar-refractivity contribution in [1.82, 2.24) is 19.4 Å². The van der Waals surface area contributed by atoms with Gasteiger partial charge in [0.2, 0.25) is 0 Å². The molecule has 0 amide bonds. The van der Waals surface area contributed by atoms with Crippen LogP contribution < -0.4 is 0 Å². The lowest BCUT2D eigenvalue weighted by Crippen LogP contribution is -2.00. The van der Waals surface area contributed by atoms with Crippen LogP contribution in [0, 0.1) is 5.82 Å². The van der Waals surface area contributed by atoms with Crippen molar-refractivity contribution in [2.75, 3.05) is 0 Å². The Balaban J connectivity index is 1.81. The van der Waals surface area contributed by atoms with E-state index in [0.29, 0.717) is 6.54 Å². The molecule has 5 heteroatoms. The van der Waals surface area contributed by atoms with Gasteiger partial charge in [0.25, 0.3) is 0 Å². The van der Waals surface area contributed by atoms with Crippen molar-refractivity contribution in [3.8, 4) is 0 Å². The molecule has 5 aromatic rings. The van der Waals surface area contributed by atoms with E-state index in [4.69, 9.17) is 0 Å². The van der Waals surface area contributed by atoms with Gasteiger partial charge in [-0.05, 0) is 29.8 Å². The topological polar surface area (TPSA) is 35.1 Å². The predicted molar refractivity (Wildman–Crippen MR) is 91.5 cm³/mol. The van der Waals surface area contributed by atoms with Crippen molar-refractivity contribution in [3.05, 3.63) is 78.4 Å². The molecular formula is C19H13FN4. The van der Waals surface area contributed by atoms with Crippen molar-refractivity contribution in [3.63, 3.8) is 0 Å². The summed E-state index contributed by atoms with van der Waals surface area (Å²) in [5.74, 6) is -0.217. The largest absolute Gasteiger partial charge is 0.335 e. The minimum Gasteiger partial charge on any atom is -0.335 e. The highest BCUT2D eigenvalue weighted by Crippen LogP contribution is 2.30. The molecule has 0 atom stereocenters. The maximum absolute atomic E-state index is 13.2. The van der Waals surface area contributed by atoms with Crippen LogP contribution in [0.25, 0.3) is 27.3 Å². The molecule has 3 aromatic heterocycles. The first kappa shape index (κ1) is 13.2. The quantitative estimate of drug-likeness (QED) is 0.493. The summed E-state index contributed by atoms with van der Waals surface area (Å²) in [5, 5.41) is 10.4. The van der Waals surface area contributed by atoms with E-state index in [9.17, 15) is 4.39 Å². The second kappa shape index (κ2) is 4.89. The van der Waals surface area contributed by atoms with Gasteiger partial charge in [-0.15, -0.1) is 5.10 Å². The van der Waals surface area contributed by atoms with E-state index in [0.717, 1.165) is 22.1 Å². The fourth-order valence-corrected chi connectivity index (χ4v) is 3.30. The molecule has 0 spiro atoms. The summed E-state index contributed by atoms with van der Waals surface area (Å²) in [6, 6.07) is 17.1. The zero-order valence-electron chi connectivity index (χ0n) is 12.7. The van der Waals surface area contributed by atoms with Crippen LogP contribution in [0.2, 0.25) is 0 Å². The first-order valence-corrected chi connectivity index (χ1v) is 7.75. The Hall–Kier alpha value is -3.21. The molecule has 0 aliphatic rings. The van der Waals surface area contributed by atoms with Gasteiger partial charge < -0.3 is 4.57 Å². The minimum absolute atomic E-state index is 0.217. The molecule has 0 radical (unpaired) electrons. The van der Waals surface area contributed by atoms with E-state index in [-0.39, 0.29) is 5.82 Å². The van der Waals surface area contributed by atoms with E-state index in [1.54, 1.807) is 10.7 Å². The van der Waals surface area contributed by atoms with Gasteiger partial charge in [0.15, 0.2) is 0 Å². The predicted octanol–water partition coefficient (Wildman–Crippen LogP) is 4.02. The monoisotopic (exact) mass is 316 g/mol. The fraction of sp³-hybridized carbons (Fsp3) is 0.0526. The third-order valence-corrected chi connectivity index (χ3v) is 4.45. The normalized spacial score (nSPS) is 11.7. The average Bonchev–Trinajstić information content (AvgIpc) is 3.18. The summed E-state index contributed by atoms with van der Waals surface area (Å²) in [6.45, 7) is 0.671. The van der Waals surface area contributed by atoms with Crippen LogP contribution in [0.3, 0.4) is 0 Å². The number of benzene rings is 2. The van der Waals surface area contributed by atoms with Crippen LogP contribution in [0.4, 0.5) is 4.39 Å². The van der Waals surface area contributed by atoms with Gasteiger partial charge in [-0.1, -0.05) is 35.5 Å². The van der Waals surface area contributed by atoms with Crippen molar-refractivity contribution < 1.29 is 4.39 Å². The molecular weight excluding hydrogens is 303 g/mol. The molecule has 0 unspecified atom stereocenters. The highest BCUT2D eigenvalue weighted by Gasteiger charge is 2.12. The van der Waals surface area contributed by atoms with Crippen LogP contribution in [-0.2, 0) is 6.54 Å². The number of halogens is 1. The van der Waals surface area contributed by atoms with Crippen LogP contribution >= 0.6 is 0 Å². The van der Waals surface area contributed by atoms with Gasteiger partial charge in [0, 0.05) is 22.8 Å². The Labute approximate surface area is 136 Å². The standard InChI is InChI=1S/C19H13FN4/c20-14-7-5-13(6-8-14)11-23-18-4-2-1-3-16(18)17-9-15-10-21-22-24(15)12-19(17)23/h1-10,12H,11H2. The zero-order chi connectivity index (χ0) is 16.1. The Morgan fingerprint density at radius 2 is 1.75 bits per heavy atom. The highest BCUT2D eigenvalue weighted by molar-refractivity contribution is 6.09. The number of pyridine rings is 1. The molecule has 0 N–H and O–H groups in total. The molecule has 2 aromatic carbocycles. The van der Waals surface area contributed by atoms with Gasteiger partial charge in [0.05, 0.1) is 23.4 Å². The average molecular weight is 316 g/mol. The molecule has 0 saturated heterocycles. The molecule has 5 rings (SSSR count). The first-order chi connectivity index (χ1) is 11.8. The van der Waals surface area contributed by atoms with Gasteiger partial charge in [-0.25, -0.2) is 8.91 Å². The zero-order valence-corrected chi connectivity index (χ0v) is 12.7. The number of hydrogen-bond donors (Lipinski definition) is 0. The van der Waals surface area contributed by atoms with Crippen molar-refractivity contribution >= 4 is 27.3 Å². The smallest absolute Gasteiger partial charge is 0.123 e. The van der Waals surface area contributed by atoms with Gasteiger partial charge in [-0.2, -0.15) is 0 Å². The lowest BCUT2D eigenvalue weighted by molar-refractivity contribution is 0.626. The summed E-state index contributed by atoms with van der Waals surface area (Å²) in [4.78, 5) is 0. The highest BCUT2D eigenvalue weighted by atomic mass is 19.1. The second-order valence-electron chi connectivity index (χ2n) is 5.91. The van der Waals surface area contributed by atoms with Crippen LogP contribution in [0.1, 0.15) is 5.56 Å². The summed E-state index contributed by atoms with van der Waals surface area (Å²) in [6.07, 6.45) is 3.76. The third-order valence-electron chi connectivity index (χ3n) is 4.45. The van der Waals surface area contributed by atoms with E-state index < -0.39 is 0 Å². The van der Waals surface area contributed by atoms with Crippen LogP contribution in [0.5, 0.6) is 0 Å². The van der Waals surface area contributed by atoms with E-state index in [1.807, 2.05) is 30.5 Å².